The first-order valence-electron chi connectivity index (χ1n) is 9.60. The van der Waals surface area contributed by atoms with Gasteiger partial charge in [0.05, 0.1) is 10.6 Å². The second-order valence-corrected chi connectivity index (χ2v) is 9.45. The Bertz CT molecular complexity index is 1200. The first-order valence-corrected chi connectivity index (χ1v) is 11.4. The lowest BCUT2D eigenvalue weighted by Crippen LogP contribution is -2.42. The van der Waals surface area contributed by atoms with Gasteiger partial charge >= 0.3 is 0 Å². The van der Waals surface area contributed by atoms with Gasteiger partial charge in [-0.25, -0.2) is 8.42 Å². The van der Waals surface area contributed by atoms with Crippen molar-refractivity contribution in [2.45, 2.75) is 18.2 Å². The molecule has 0 unspecified atom stereocenters. The fourth-order valence-electron chi connectivity index (χ4n) is 3.58. The largest absolute Gasteiger partial charge is 0.310 e. The topological polar surface area (TPSA) is 57.7 Å². The summed E-state index contributed by atoms with van der Waals surface area (Å²) in [5.74, 6) is -0.281. The summed E-state index contributed by atoms with van der Waals surface area (Å²) in [6.45, 7) is 2.06. The Morgan fingerprint density at radius 1 is 1.03 bits per heavy atom. The number of halogens is 1. The number of carbonyl (C=O) groups is 1. The standard InChI is InChI=1S/C23H21ClN2O3S/c1-17-11-12-19(15-21(17)24)26(30(28,29)20-8-3-2-4-9-20)16-23(27)25-14-13-18-7-5-6-10-22(18)25/h2-12,15H,13-14,16H2,1H3. The van der Waals surface area contributed by atoms with E-state index in [-0.39, 0.29) is 17.3 Å². The normalized spacial score (nSPS) is 13.2. The van der Waals surface area contributed by atoms with E-state index in [0.29, 0.717) is 17.3 Å². The molecular formula is C23H21ClN2O3S. The number of fused-ring (bicyclic) bond motifs is 1. The third-order valence-corrected chi connectivity index (χ3v) is 7.44. The van der Waals surface area contributed by atoms with Crippen molar-refractivity contribution in [1.82, 2.24) is 0 Å². The highest BCUT2D eigenvalue weighted by molar-refractivity contribution is 7.92. The van der Waals surface area contributed by atoms with Gasteiger partial charge in [-0.05, 0) is 54.8 Å². The minimum atomic E-state index is -3.96. The van der Waals surface area contributed by atoms with E-state index in [0.717, 1.165) is 27.5 Å². The molecule has 1 heterocycles. The monoisotopic (exact) mass is 440 g/mol. The molecule has 0 bridgehead atoms. The van der Waals surface area contributed by atoms with Gasteiger partial charge in [-0.15, -0.1) is 0 Å². The zero-order valence-electron chi connectivity index (χ0n) is 16.5. The van der Waals surface area contributed by atoms with Gasteiger partial charge in [-0.1, -0.05) is 54.1 Å². The number of nitrogens with zero attached hydrogens (tertiary/aromatic N) is 2. The fourth-order valence-corrected chi connectivity index (χ4v) is 5.18. The van der Waals surface area contributed by atoms with Crippen molar-refractivity contribution in [3.63, 3.8) is 0 Å². The van der Waals surface area contributed by atoms with Gasteiger partial charge in [0.25, 0.3) is 10.0 Å². The van der Waals surface area contributed by atoms with Crippen LogP contribution in [0.5, 0.6) is 0 Å². The number of amides is 1. The van der Waals surface area contributed by atoms with Crippen LogP contribution in [0.4, 0.5) is 11.4 Å². The number of aryl methyl sites for hydroxylation is 1. The van der Waals surface area contributed by atoms with Crippen molar-refractivity contribution in [1.29, 1.82) is 0 Å². The summed E-state index contributed by atoms with van der Waals surface area (Å²) < 4.78 is 28.0. The molecule has 3 aromatic rings. The van der Waals surface area contributed by atoms with Gasteiger partial charge in [0.15, 0.2) is 0 Å². The molecular weight excluding hydrogens is 420 g/mol. The second-order valence-electron chi connectivity index (χ2n) is 7.18. The van der Waals surface area contributed by atoms with E-state index in [2.05, 4.69) is 0 Å². The molecule has 0 radical (unpaired) electrons. The Morgan fingerprint density at radius 2 is 1.73 bits per heavy atom. The highest BCUT2D eigenvalue weighted by Gasteiger charge is 2.31. The summed E-state index contributed by atoms with van der Waals surface area (Å²) in [7, 11) is -3.96. The number of hydrogen-bond acceptors (Lipinski definition) is 3. The summed E-state index contributed by atoms with van der Waals surface area (Å²) >= 11 is 6.27. The average molecular weight is 441 g/mol. The van der Waals surface area contributed by atoms with E-state index in [1.807, 2.05) is 31.2 Å². The van der Waals surface area contributed by atoms with Crippen LogP contribution >= 0.6 is 11.6 Å². The zero-order valence-corrected chi connectivity index (χ0v) is 18.0. The number of carbonyl (C=O) groups excluding carboxylic acids is 1. The third kappa shape index (κ3) is 3.80. The maximum Gasteiger partial charge on any atom is 0.264 e. The molecule has 4 rings (SSSR count). The summed E-state index contributed by atoms with van der Waals surface area (Å²) in [6, 6.07) is 20.8. The van der Waals surface area contributed by atoms with Crippen LogP contribution in [0.3, 0.4) is 0 Å². The SMILES string of the molecule is Cc1ccc(N(CC(=O)N2CCc3ccccc32)S(=O)(=O)c2ccccc2)cc1Cl. The molecule has 7 heteroatoms. The number of anilines is 2. The predicted octanol–water partition coefficient (Wildman–Crippen LogP) is 4.43. The van der Waals surface area contributed by atoms with Crippen LogP contribution in [-0.4, -0.2) is 27.4 Å². The summed E-state index contributed by atoms with van der Waals surface area (Å²) in [4.78, 5) is 15.0. The van der Waals surface area contributed by atoms with Crippen molar-refractivity contribution in [2.75, 3.05) is 22.3 Å². The number of sulfonamides is 1. The first-order chi connectivity index (χ1) is 14.4. The van der Waals surface area contributed by atoms with Crippen LogP contribution in [0, 0.1) is 6.92 Å². The summed E-state index contributed by atoms with van der Waals surface area (Å²) in [5, 5.41) is 0.444. The van der Waals surface area contributed by atoms with Crippen LogP contribution in [0.2, 0.25) is 5.02 Å². The van der Waals surface area contributed by atoms with Crippen molar-refractivity contribution in [3.8, 4) is 0 Å². The van der Waals surface area contributed by atoms with Crippen molar-refractivity contribution in [2.24, 2.45) is 0 Å². The molecule has 5 nitrogen and oxygen atoms in total. The minimum absolute atomic E-state index is 0.122. The van der Waals surface area contributed by atoms with Crippen LogP contribution < -0.4 is 9.21 Å². The maximum absolute atomic E-state index is 13.4. The average Bonchev–Trinajstić information content (AvgIpc) is 3.19. The Morgan fingerprint density at radius 3 is 2.47 bits per heavy atom. The Hall–Kier alpha value is -2.83. The molecule has 0 saturated carbocycles. The molecule has 0 saturated heterocycles. The number of hydrogen-bond donors (Lipinski definition) is 0. The lowest BCUT2D eigenvalue weighted by molar-refractivity contribution is -0.117. The van der Waals surface area contributed by atoms with Crippen molar-refractivity contribution >= 4 is 38.9 Å². The van der Waals surface area contributed by atoms with Crippen molar-refractivity contribution in [3.05, 3.63) is 88.9 Å². The third-order valence-electron chi connectivity index (χ3n) is 5.24. The number of rotatable bonds is 5. The fraction of sp³-hybridized carbons (Fsp3) is 0.174. The number of benzene rings is 3. The van der Waals surface area contributed by atoms with Crippen molar-refractivity contribution < 1.29 is 13.2 Å². The molecule has 0 aliphatic carbocycles. The van der Waals surface area contributed by atoms with E-state index < -0.39 is 10.0 Å². The Labute approximate surface area is 181 Å². The molecule has 1 aliphatic heterocycles. The number of para-hydroxylation sites is 1. The van der Waals surface area contributed by atoms with Crippen LogP contribution in [0.15, 0.2) is 77.7 Å². The highest BCUT2D eigenvalue weighted by Crippen LogP contribution is 2.31. The second kappa shape index (κ2) is 8.13. The van der Waals surface area contributed by atoms with Crippen LogP contribution in [-0.2, 0) is 21.2 Å². The molecule has 154 valence electrons. The summed E-state index contributed by atoms with van der Waals surface area (Å²) in [6.07, 6.45) is 0.754. The molecule has 0 aromatic heterocycles. The van der Waals surface area contributed by atoms with Crippen LogP contribution in [0.1, 0.15) is 11.1 Å². The molecule has 0 N–H and O–H groups in total. The van der Waals surface area contributed by atoms with Gasteiger partial charge < -0.3 is 4.90 Å². The van der Waals surface area contributed by atoms with Gasteiger partial charge in [0, 0.05) is 17.3 Å². The Kier molecular flexibility index (Phi) is 5.54. The molecule has 30 heavy (non-hydrogen) atoms. The quantitative estimate of drug-likeness (QED) is 0.589. The van der Waals surface area contributed by atoms with E-state index in [4.69, 9.17) is 11.6 Å². The molecule has 0 atom stereocenters. The minimum Gasteiger partial charge on any atom is -0.310 e. The lowest BCUT2D eigenvalue weighted by atomic mass is 10.2. The summed E-state index contributed by atoms with van der Waals surface area (Å²) in [5.41, 5.74) is 3.11. The molecule has 1 aliphatic rings. The van der Waals surface area contributed by atoms with Gasteiger partial charge in [-0.2, -0.15) is 0 Å². The molecule has 3 aromatic carbocycles. The first kappa shape index (κ1) is 20.4. The van der Waals surface area contributed by atoms with Gasteiger partial charge in [0.1, 0.15) is 6.54 Å². The molecule has 0 spiro atoms. The van der Waals surface area contributed by atoms with E-state index in [1.165, 1.54) is 12.1 Å². The zero-order chi connectivity index (χ0) is 21.3. The van der Waals surface area contributed by atoms with E-state index >= 15 is 0 Å². The van der Waals surface area contributed by atoms with Gasteiger partial charge in [0.2, 0.25) is 5.91 Å². The van der Waals surface area contributed by atoms with Crippen LogP contribution in [0.25, 0.3) is 0 Å². The van der Waals surface area contributed by atoms with E-state index in [9.17, 15) is 13.2 Å². The molecule has 0 fully saturated rings. The van der Waals surface area contributed by atoms with E-state index in [1.54, 1.807) is 41.3 Å². The maximum atomic E-state index is 13.4. The lowest BCUT2D eigenvalue weighted by Gasteiger charge is -2.27. The predicted molar refractivity (Wildman–Crippen MR) is 120 cm³/mol. The highest BCUT2D eigenvalue weighted by atomic mass is 35.5. The molecule has 1 amide bonds. The Balaban J connectivity index is 1.73. The van der Waals surface area contributed by atoms with Gasteiger partial charge in [-0.3, -0.25) is 9.10 Å². The smallest absolute Gasteiger partial charge is 0.264 e.